The molecule has 0 radical (unpaired) electrons. The number of H-pyrrole nitrogens is 2. The molecule has 2 aliphatic heterocycles. The number of aromatic nitrogens is 4. The second-order valence-electron chi connectivity index (χ2n) is 22.9. The minimum absolute atomic E-state index is 0.0763. The van der Waals surface area contributed by atoms with E-state index in [-0.39, 0.29) is 71.3 Å². The van der Waals surface area contributed by atoms with Gasteiger partial charge in [-0.1, -0.05) is 89.8 Å². The minimum Gasteiger partial charge on any atom is -0.438 e. The zero-order valence-corrected chi connectivity index (χ0v) is 47.6. The molecular weight excluding hydrogens is 1010 g/mol. The Kier molecular flexibility index (Phi) is 18.2. The minimum atomic E-state index is -0.822. The maximum Gasteiger partial charge on any atom is 0.273 e. The molecule has 2 aliphatic rings. The number of hydrogen-bond acceptors (Lipinski definition) is 12. The summed E-state index contributed by atoms with van der Waals surface area (Å²) in [5, 5.41) is 16.4. The van der Waals surface area contributed by atoms with Gasteiger partial charge in [0.1, 0.15) is 24.2 Å². The van der Waals surface area contributed by atoms with Gasteiger partial charge in [-0.05, 0) is 94.9 Å². The van der Waals surface area contributed by atoms with E-state index in [1.54, 1.807) is 50.1 Å². The van der Waals surface area contributed by atoms with E-state index in [1.165, 1.54) is 0 Å². The van der Waals surface area contributed by atoms with E-state index in [0.29, 0.717) is 74.9 Å². The number of carbonyl (C=O) groups excluding carboxylic acids is 6. The number of unbranched alkanes of at least 4 members (excludes halogenated alkanes) is 1. The van der Waals surface area contributed by atoms with Crippen molar-refractivity contribution in [2.45, 2.75) is 143 Å². The number of amides is 5. The molecule has 6 atom stereocenters. The van der Waals surface area contributed by atoms with E-state index < -0.39 is 53.0 Å². The molecule has 422 valence electrons. The molecule has 6 heterocycles. The van der Waals surface area contributed by atoms with E-state index in [4.69, 9.17) is 18.8 Å². The molecule has 2 saturated heterocycles. The molecule has 0 saturated carbocycles. The van der Waals surface area contributed by atoms with Gasteiger partial charge >= 0.3 is 0 Å². The fourth-order valence-corrected chi connectivity index (χ4v) is 10.2. The summed E-state index contributed by atoms with van der Waals surface area (Å²) in [5.74, 6) is 11.1. The van der Waals surface area contributed by atoms with Crippen LogP contribution in [0.15, 0.2) is 69.8 Å². The Hall–Kier alpha value is -8.00. The number of benzene rings is 2. The molecule has 80 heavy (non-hydrogen) atoms. The molecule has 19 nitrogen and oxygen atoms in total. The number of aromatic amines is 2. The molecule has 7 N–H and O–H groups in total. The number of Topliss-reactive ketones (excluding diaryl/α,β-unsaturated/α-hetero) is 1. The average Bonchev–Trinajstić information content (AvgIpc) is 4.34. The maximum absolute atomic E-state index is 14.3. The highest BCUT2D eigenvalue weighted by Crippen LogP contribution is 2.41. The van der Waals surface area contributed by atoms with E-state index in [1.807, 2.05) is 90.1 Å². The molecule has 8 rings (SSSR count). The summed E-state index contributed by atoms with van der Waals surface area (Å²) >= 11 is 0. The fourth-order valence-electron chi connectivity index (χ4n) is 10.2. The van der Waals surface area contributed by atoms with Crippen molar-refractivity contribution in [1.29, 1.82) is 0 Å². The summed E-state index contributed by atoms with van der Waals surface area (Å²) in [7, 11) is 3.38. The Morgan fingerprint density at radius 1 is 0.662 bits per heavy atom. The zero-order valence-electron chi connectivity index (χ0n) is 47.6. The summed E-state index contributed by atoms with van der Waals surface area (Å²) in [5.41, 5.74) is 2.10. The highest BCUT2D eigenvalue weighted by Gasteiger charge is 2.44. The monoisotopic (exact) mass is 1090 g/mol. The topological polar surface area (TPSA) is 253 Å². The van der Waals surface area contributed by atoms with Crippen molar-refractivity contribution in [1.82, 2.24) is 56.3 Å². The Morgan fingerprint density at radius 3 is 1.59 bits per heavy atom. The van der Waals surface area contributed by atoms with Gasteiger partial charge in [-0.2, -0.15) is 0 Å². The van der Waals surface area contributed by atoms with Gasteiger partial charge in [0, 0.05) is 84.2 Å². The maximum atomic E-state index is 14.3. The molecule has 6 aromatic rings. The van der Waals surface area contributed by atoms with Crippen LogP contribution in [0.5, 0.6) is 0 Å². The molecule has 2 fully saturated rings. The number of carbonyl (C=O) groups is 6. The van der Waals surface area contributed by atoms with E-state index >= 15 is 0 Å². The predicted octanol–water partition coefficient (Wildman–Crippen LogP) is 7.74. The number of rotatable bonds is 19. The number of nitrogens with one attached hydrogen (secondary N) is 7. The third-order valence-corrected chi connectivity index (χ3v) is 15.0. The number of likely N-dealkylation sites (tertiary alicyclic amines) is 2. The third kappa shape index (κ3) is 12.9. The summed E-state index contributed by atoms with van der Waals surface area (Å²) in [6.45, 7) is 16.0. The molecule has 19 heteroatoms. The van der Waals surface area contributed by atoms with Crippen molar-refractivity contribution in [3.63, 3.8) is 0 Å². The van der Waals surface area contributed by atoms with Gasteiger partial charge < -0.3 is 55.2 Å². The number of nitrogens with zero attached hydrogens (tertiary/aromatic N) is 4. The van der Waals surface area contributed by atoms with Crippen LogP contribution in [-0.4, -0.2) is 123 Å². The number of fused-ring (bicyclic) bond motifs is 2. The van der Waals surface area contributed by atoms with Crippen molar-refractivity contribution in [3.8, 4) is 46.3 Å². The van der Waals surface area contributed by atoms with E-state index in [0.717, 1.165) is 21.8 Å². The zero-order chi connectivity index (χ0) is 57.5. The van der Waals surface area contributed by atoms with Crippen LogP contribution in [0, 0.1) is 34.5 Å². The van der Waals surface area contributed by atoms with Crippen molar-refractivity contribution in [2.24, 2.45) is 10.8 Å². The first-order valence-corrected chi connectivity index (χ1v) is 27.7. The van der Waals surface area contributed by atoms with Crippen molar-refractivity contribution < 1.29 is 37.6 Å². The molecule has 4 aromatic heterocycles. The lowest BCUT2D eigenvalue weighted by Crippen LogP contribution is -2.57. The highest BCUT2D eigenvalue weighted by molar-refractivity contribution is 6.05. The fraction of sp³-hybridized carbons (Fsp3) is 0.475. The van der Waals surface area contributed by atoms with Gasteiger partial charge in [0.2, 0.25) is 35.4 Å². The number of ketones is 1. The quantitative estimate of drug-likeness (QED) is 0.0234. The lowest BCUT2D eigenvalue weighted by molar-refractivity contribution is -0.141. The van der Waals surface area contributed by atoms with Crippen LogP contribution in [0.25, 0.3) is 44.5 Å². The molecule has 0 bridgehead atoms. The molecule has 0 spiro atoms. The molecule has 5 amide bonds. The molecule has 2 aromatic carbocycles. The number of oxazole rings is 2. The highest BCUT2D eigenvalue weighted by atomic mass is 16.4. The normalized spacial score (nSPS) is 17.0. The van der Waals surface area contributed by atoms with Crippen molar-refractivity contribution in [2.75, 3.05) is 33.7 Å². The summed E-state index contributed by atoms with van der Waals surface area (Å²) < 4.78 is 13.0. The first kappa shape index (κ1) is 58.2. The van der Waals surface area contributed by atoms with Gasteiger partial charge in [-0.25, -0.2) is 9.97 Å². The van der Waals surface area contributed by atoms with Crippen LogP contribution in [0.2, 0.25) is 0 Å². The molecule has 0 unspecified atom stereocenters. The van der Waals surface area contributed by atoms with Gasteiger partial charge in [0.25, 0.3) is 5.91 Å². The van der Waals surface area contributed by atoms with Crippen molar-refractivity contribution >= 4 is 57.1 Å². The first-order valence-electron chi connectivity index (χ1n) is 27.7. The molecule has 0 aliphatic carbocycles. The number of hydrogen-bond donors (Lipinski definition) is 7. The lowest BCUT2D eigenvalue weighted by Gasteiger charge is -2.35. The largest absolute Gasteiger partial charge is 0.438 e. The Bertz CT molecular complexity index is 3160. The second kappa shape index (κ2) is 25.0. The lowest BCUT2D eigenvalue weighted by atomic mass is 9.85. The second-order valence-corrected chi connectivity index (χ2v) is 22.9. The van der Waals surface area contributed by atoms with Crippen LogP contribution >= 0.6 is 0 Å². The first-order chi connectivity index (χ1) is 38.2. The van der Waals surface area contributed by atoms with Crippen LogP contribution in [0.3, 0.4) is 0 Å². The summed E-state index contributed by atoms with van der Waals surface area (Å²) in [6, 6.07) is 11.7. The van der Waals surface area contributed by atoms with Crippen molar-refractivity contribution in [3.05, 3.63) is 84.1 Å². The number of likely N-dealkylation sites (N-methyl/N-ethyl adjacent to an activating group) is 2. The SMILES string of the molecule is CN[C@@H](C)C(=O)N[C@H](C(=O)N1CCC[C@H]1c1nc(C(=O)CCCC#CC#CCCNC(=O)c2nc([C@@H]3CCCN3C(=O)[C@@H](NC(=O)[C@H](C)NC)C(C)(C)C)oc2-c2c[nH]c3ccccc23)c(-c2c[nH]c3ccccc23)o1)C(C)(C)C. The van der Waals surface area contributed by atoms with Crippen LogP contribution in [0.4, 0.5) is 0 Å². The summed E-state index contributed by atoms with van der Waals surface area (Å²) in [4.78, 5) is 102. The van der Waals surface area contributed by atoms with E-state index in [9.17, 15) is 28.8 Å². The smallest absolute Gasteiger partial charge is 0.273 e. The van der Waals surface area contributed by atoms with Gasteiger partial charge in [-0.3, -0.25) is 28.8 Å². The van der Waals surface area contributed by atoms with Gasteiger partial charge in [0.15, 0.2) is 28.7 Å². The molecular formula is C61H75N11O8. The van der Waals surface area contributed by atoms with Crippen LogP contribution in [-0.2, 0) is 19.2 Å². The average molecular weight is 1090 g/mol. The van der Waals surface area contributed by atoms with Crippen LogP contribution in [0.1, 0.15) is 152 Å². The van der Waals surface area contributed by atoms with E-state index in [2.05, 4.69) is 60.2 Å². The number of para-hydroxylation sites is 2. The van der Waals surface area contributed by atoms with Gasteiger partial charge in [-0.15, -0.1) is 0 Å². The Morgan fingerprint density at radius 2 is 1.11 bits per heavy atom. The Labute approximate surface area is 467 Å². The van der Waals surface area contributed by atoms with Gasteiger partial charge in [0.05, 0.1) is 12.1 Å². The third-order valence-electron chi connectivity index (χ3n) is 15.0. The van der Waals surface area contributed by atoms with Crippen LogP contribution < -0.4 is 26.6 Å². The summed E-state index contributed by atoms with van der Waals surface area (Å²) in [6.07, 6.45) is 7.34. The predicted molar refractivity (Wildman–Crippen MR) is 305 cm³/mol. The standard InChI is InChI=1S/C61H75N11O8/c1-36(62-9)53(74)69-51(60(3,4)5)58(77)71-32-22-28-44(71)56-67-47(49(79-56)40-34-65-42-26-19-17-24-38(40)42)46(73)30-16-14-12-11-13-15-21-31-64-55(76)48-50(41-35-66-43-27-20-18-25-39(41)43)80-57(68-48)45-29-23-33-72(45)59(78)52(61(6,7)8)70-54(75)37(2)63-10/h17-20,24-27,34-37,44-45,51-52,62-63,65-66H,14,16,21-23,28-33H2,1-10H3,(H,64,76)(H,69,74)(H,70,75)/t36-,37-,44-,45-,51+,52+/m0/s1. The Balaban J connectivity index is 0.917.